The Labute approximate surface area is 128 Å². The van der Waals surface area contributed by atoms with E-state index in [1.54, 1.807) is 0 Å². The van der Waals surface area contributed by atoms with Crippen molar-refractivity contribution in [3.05, 3.63) is 17.8 Å². The van der Waals surface area contributed by atoms with Crippen LogP contribution in [0, 0.1) is 0 Å². The van der Waals surface area contributed by atoms with Crippen molar-refractivity contribution in [3.8, 4) is 5.75 Å². The number of rotatable bonds is 4. The van der Waals surface area contributed by atoms with Crippen LogP contribution in [0.5, 0.6) is 5.75 Å². The third-order valence-electron chi connectivity index (χ3n) is 4.14. The molecule has 1 saturated heterocycles. The smallest absolute Gasteiger partial charge is 0.339 e. The van der Waals surface area contributed by atoms with Gasteiger partial charge in [-0.2, -0.15) is 0 Å². The molecule has 1 saturated carbocycles. The summed E-state index contributed by atoms with van der Waals surface area (Å²) in [6.45, 7) is 0.948. The number of hydrogen-bond acceptors (Lipinski definition) is 6. The van der Waals surface area contributed by atoms with Crippen molar-refractivity contribution in [2.24, 2.45) is 0 Å². The molecule has 7 heteroatoms. The van der Waals surface area contributed by atoms with Crippen LogP contribution in [0.25, 0.3) is 0 Å². The van der Waals surface area contributed by atoms with Gasteiger partial charge >= 0.3 is 5.97 Å². The molecule has 118 valence electrons. The highest BCUT2D eigenvalue weighted by atomic mass is 16.5. The third kappa shape index (κ3) is 2.89. The molecule has 0 aromatic carbocycles. The molecule has 22 heavy (non-hydrogen) atoms. The minimum absolute atomic E-state index is 0.0697. The molecular formula is C15H19N3O4. The van der Waals surface area contributed by atoms with Gasteiger partial charge in [-0.25, -0.2) is 9.78 Å². The Bertz CT molecular complexity index is 600. The van der Waals surface area contributed by atoms with Crippen molar-refractivity contribution >= 4 is 17.7 Å². The van der Waals surface area contributed by atoms with E-state index in [-0.39, 0.29) is 29.1 Å². The summed E-state index contributed by atoms with van der Waals surface area (Å²) in [6, 6.07) is 1.61. The van der Waals surface area contributed by atoms with Crippen LogP contribution < -0.4 is 5.32 Å². The lowest BCUT2D eigenvalue weighted by atomic mass is 10.2. The van der Waals surface area contributed by atoms with Crippen molar-refractivity contribution < 1.29 is 19.4 Å². The Kier molecular flexibility index (Phi) is 3.98. The lowest BCUT2D eigenvalue weighted by Gasteiger charge is -2.23. The maximum Gasteiger partial charge on any atom is 0.339 e. The predicted octanol–water partition coefficient (Wildman–Crippen LogP) is 1.14. The second kappa shape index (κ2) is 5.92. The molecule has 0 bridgehead atoms. The first kappa shape index (κ1) is 14.8. The molecule has 1 unspecified atom stereocenters. The van der Waals surface area contributed by atoms with Gasteiger partial charge in [0.05, 0.1) is 18.7 Å². The minimum atomic E-state index is -0.587. The summed E-state index contributed by atoms with van der Waals surface area (Å²) in [6.07, 6.45) is 5.41. The second-order valence-electron chi connectivity index (χ2n) is 5.70. The molecule has 1 aliphatic carbocycles. The first-order valence-electron chi connectivity index (χ1n) is 7.44. The fraction of sp³-hybridized carbons (Fsp3) is 0.533. The standard InChI is InChI=1S/C15H19N3O4/c1-22-15(21)9-7-12(19)13(16-8-9)17-14(20)11-3-2-6-18(11)10-4-5-10/h7-8,10-11,19H,2-6H2,1H3,(H,16,17,20). The number of carbonyl (C=O) groups is 2. The topological polar surface area (TPSA) is 91.8 Å². The van der Waals surface area contributed by atoms with Gasteiger partial charge in [0.25, 0.3) is 0 Å². The minimum Gasteiger partial charge on any atom is -0.504 e. The van der Waals surface area contributed by atoms with Gasteiger partial charge in [-0.15, -0.1) is 0 Å². The van der Waals surface area contributed by atoms with Crippen molar-refractivity contribution in [1.29, 1.82) is 0 Å². The largest absolute Gasteiger partial charge is 0.504 e. The van der Waals surface area contributed by atoms with Crippen molar-refractivity contribution in [2.45, 2.75) is 37.8 Å². The molecule has 3 rings (SSSR count). The van der Waals surface area contributed by atoms with Crippen LogP contribution in [-0.4, -0.2) is 52.6 Å². The molecule has 1 aliphatic heterocycles. The highest BCUT2D eigenvalue weighted by Crippen LogP contribution is 2.34. The lowest BCUT2D eigenvalue weighted by molar-refractivity contribution is -0.120. The zero-order valence-electron chi connectivity index (χ0n) is 12.4. The summed E-state index contributed by atoms with van der Waals surface area (Å²) in [5, 5.41) is 12.6. The van der Waals surface area contributed by atoms with Crippen LogP contribution in [0.15, 0.2) is 12.3 Å². The fourth-order valence-corrected chi connectivity index (χ4v) is 2.89. The molecule has 1 amide bonds. The van der Waals surface area contributed by atoms with Crippen molar-refractivity contribution in [2.75, 3.05) is 19.0 Å². The van der Waals surface area contributed by atoms with E-state index in [1.807, 2.05) is 0 Å². The molecule has 2 heterocycles. The SMILES string of the molecule is COC(=O)c1cnc(NC(=O)C2CCCN2C2CC2)c(O)c1. The van der Waals surface area contributed by atoms with Crippen LogP contribution in [0.1, 0.15) is 36.0 Å². The summed E-state index contributed by atoms with van der Waals surface area (Å²) < 4.78 is 4.56. The van der Waals surface area contributed by atoms with Gasteiger partial charge in [-0.1, -0.05) is 0 Å². The number of carbonyl (C=O) groups excluding carboxylic acids is 2. The number of hydrogen-bond donors (Lipinski definition) is 2. The summed E-state index contributed by atoms with van der Waals surface area (Å²) >= 11 is 0. The molecule has 2 N–H and O–H groups in total. The van der Waals surface area contributed by atoms with E-state index >= 15 is 0 Å². The molecule has 1 atom stereocenters. The highest BCUT2D eigenvalue weighted by molar-refractivity contribution is 5.96. The number of amides is 1. The van der Waals surface area contributed by atoms with Crippen LogP contribution >= 0.6 is 0 Å². The second-order valence-corrected chi connectivity index (χ2v) is 5.70. The number of methoxy groups -OCH3 is 1. The fourth-order valence-electron chi connectivity index (χ4n) is 2.89. The summed E-state index contributed by atoms with van der Waals surface area (Å²) in [4.78, 5) is 29.9. The molecule has 7 nitrogen and oxygen atoms in total. The van der Waals surface area contributed by atoms with Gasteiger partial charge in [-0.3, -0.25) is 9.69 Å². The Morgan fingerprint density at radius 2 is 2.18 bits per heavy atom. The molecule has 0 radical (unpaired) electrons. The number of esters is 1. The number of likely N-dealkylation sites (tertiary alicyclic amines) is 1. The van der Waals surface area contributed by atoms with Crippen LogP contribution in [0.4, 0.5) is 5.82 Å². The van der Waals surface area contributed by atoms with E-state index in [4.69, 9.17) is 0 Å². The monoisotopic (exact) mass is 305 g/mol. The summed E-state index contributed by atoms with van der Waals surface area (Å²) in [5.41, 5.74) is 0.137. The van der Waals surface area contributed by atoms with E-state index in [9.17, 15) is 14.7 Å². The van der Waals surface area contributed by atoms with Crippen LogP contribution in [-0.2, 0) is 9.53 Å². The zero-order chi connectivity index (χ0) is 15.7. The van der Waals surface area contributed by atoms with Gasteiger partial charge in [0.15, 0.2) is 11.6 Å². The molecule has 2 fully saturated rings. The van der Waals surface area contributed by atoms with Crippen molar-refractivity contribution in [3.63, 3.8) is 0 Å². The van der Waals surface area contributed by atoms with Gasteiger partial charge < -0.3 is 15.2 Å². The third-order valence-corrected chi connectivity index (χ3v) is 4.14. The highest BCUT2D eigenvalue weighted by Gasteiger charge is 2.40. The van der Waals surface area contributed by atoms with Crippen LogP contribution in [0.2, 0.25) is 0 Å². The normalized spacial score (nSPS) is 21.6. The Balaban J connectivity index is 1.69. The van der Waals surface area contributed by atoms with Crippen LogP contribution in [0.3, 0.4) is 0 Å². The van der Waals surface area contributed by atoms with E-state index in [1.165, 1.54) is 19.4 Å². The average molecular weight is 305 g/mol. The first-order valence-corrected chi connectivity index (χ1v) is 7.44. The summed E-state index contributed by atoms with van der Waals surface area (Å²) in [5.74, 6) is -0.915. The van der Waals surface area contributed by atoms with Crippen molar-refractivity contribution in [1.82, 2.24) is 9.88 Å². The quantitative estimate of drug-likeness (QED) is 0.811. The molecular weight excluding hydrogens is 286 g/mol. The Hall–Kier alpha value is -2.15. The Morgan fingerprint density at radius 1 is 1.41 bits per heavy atom. The van der Waals surface area contributed by atoms with E-state index in [0.717, 1.165) is 32.2 Å². The lowest BCUT2D eigenvalue weighted by Crippen LogP contribution is -2.41. The number of aromatic hydroxyl groups is 1. The molecule has 2 aliphatic rings. The molecule has 1 aromatic rings. The predicted molar refractivity (Wildman–Crippen MR) is 78.6 cm³/mol. The summed E-state index contributed by atoms with van der Waals surface area (Å²) in [7, 11) is 1.25. The van der Waals surface area contributed by atoms with Gasteiger partial charge in [0.1, 0.15) is 0 Å². The number of nitrogens with one attached hydrogen (secondary N) is 1. The maximum absolute atomic E-state index is 12.4. The molecule has 0 spiro atoms. The van der Waals surface area contributed by atoms with Gasteiger partial charge in [0, 0.05) is 12.2 Å². The first-order chi connectivity index (χ1) is 10.6. The number of aromatic nitrogens is 1. The number of pyridine rings is 1. The zero-order valence-corrected chi connectivity index (χ0v) is 12.4. The van der Waals surface area contributed by atoms with E-state index in [0.29, 0.717) is 6.04 Å². The number of nitrogens with zero attached hydrogens (tertiary/aromatic N) is 2. The van der Waals surface area contributed by atoms with E-state index in [2.05, 4.69) is 19.9 Å². The Morgan fingerprint density at radius 3 is 2.82 bits per heavy atom. The number of ether oxygens (including phenoxy) is 1. The van der Waals surface area contributed by atoms with Gasteiger partial charge in [0.2, 0.25) is 5.91 Å². The molecule has 1 aromatic heterocycles. The van der Waals surface area contributed by atoms with Gasteiger partial charge in [-0.05, 0) is 38.3 Å². The maximum atomic E-state index is 12.4. The van der Waals surface area contributed by atoms with E-state index < -0.39 is 5.97 Å². The number of anilines is 1. The average Bonchev–Trinajstić information content (AvgIpc) is 3.25.